The van der Waals surface area contributed by atoms with E-state index >= 15 is 0 Å². The minimum Gasteiger partial charge on any atom is -0.491 e. The third-order valence-corrected chi connectivity index (χ3v) is 6.12. The summed E-state index contributed by atoms with van der Waals surface area (Å²) in [5, 5.41) is 1.81. The van der Waals surface area contributed by atoms with Crippen LogP contribution in [0.2, 0.25) is 0 Å². The Morgan fingerprint density at radius 2 is 1.93 bits per heavy atom. The SMILES string of the molecule is Cc1nccc2c1c(=O)n(C)c1cc(OC[C@@H](N)CC(C)C)c(S(C)(=O)=O)cc21. The van der Waals surface area contributed by atoms with E-state index in [4.69, 9.17) is 10.5 Å². The molecule has 29 heavy (non-hydrogen) atoms. The Balaban J connectivity index is 2.26. The Hall–Kier alpha value is -2.45. The van der Waals surface area contributed by atoms with Gasteiger partial charge in [-0.15, -0.1) is 0 Å². The van der Waals surface area contributed by atoms with Crippen molar-refractivity contribution in [1.82, 2.24) is 9.55 Å². The maximum Gasteiger partial charge on any atom is 0.260 e. The summed E-state index contributed by atoms with van der Waals surface area (Å²) in [6, 6.07) is 4.71. The zero-order valence-corrected chi connectivity index (χ0v) is 18.2. The van der Waals surface area contributed by atoms with Crippen LogP contribution in [0.1, 0.15) is 26.0 Å². The van der Waals surface area contributed by atoms with Crippen molar-refractivity contribution in [3.8, 4) is 5.75 Å². The van der Waals surface area contributed by atoms with Gasteiger partial charge in [-0.2, -0.15) is 0 Å². The predicted octanol–water partition coefficient (Wildman–Crippen LogP) is 2.55. The third-order valence-electron chi connectivity index (χ3n) is 5.00. The monoisotopic (exact) mass is 417 g/mol. The van der Waals surface area contributed by atoms with Crippen LogP contribution in [0, 0.1) is 12.8 Å². The molecule has 0 unspecified atom stereocenters. The van der Waals surface area contributed by atoms with E-state index in [1.54, 1.807) is 38.4 Å². The van der Waals surface area contributed by atoms with Crippen molar-refractivity contribution < 1.29 is 13.2 Å². The molecule has 7 nitrogen and oxygen atoms in total. The molecule has 156 valence electrons. The lowest BCUT2D eigenvalue weighted by molar-refractivity contribution is 0.265. The molecule has 3 rings (SSSR count). The minimum atomic E-state index is -3.57. The van der Waals surface area contributed by atoms with E-state index in [1.165, 1.54) is 4.57 Å². The average Bonchev–Trinajstić information content (AvgIpc) is 2.62. The standard InChI is InChI=1S/C21H27N3O4S/c1-12(2)8-14(22)11-28-18-10-17-16(9-19(18)29(5,26)27)15-6-7-23-13(3)20(15)21(25)24(17)4/h6-7,9-10,12,14H,8,11,22H2,1-5H3/t14-/m0/s1. The number of hydrogen-bond donors (Lipinski definition) is 1. The fourth-order valence-corrected chi connectivity index (χ4v) is 4.47. The van der Waals surface area contributed by atoms with E-state index in [0.717, 1.165) is 12.7 Å². The van der Waals surface area contributed by atoms with E-state index in [9.17, 15) is 13.2 Å². The highest BCUT2D eigenvalue weighted by molar-refractivity contribution is 7.90. The number of nitrogens with two attached hydrogens (primary N) is 1. The Bertz CT molecular complexity index is 1250. The van der Waals surface area contributed by atoms with Crippen LogP contribution in [0.25, 0.3) is 21.7 Å². The molecule has 0 bridgehead atoms. The first-order chi connectivity index (χ1) is 13.5. The number of pyridine rings is 2. The lowest BCUT2D eigenvalue weighted by Crippen LogP contribution is -2.29. The third kappa shape index (κ3) is 4.13. The van der Waals surface area contributed by atoms with Gasteiger partial charge in [-0.1, -0.05) is 13.8 Å². The van der Waals surface area contributed by atoms with Crippen LogP contribution >= 0.6 is 0 Å². The van der Waals surface area contributed by atoms with Crippen LogP contribution in [0.3, 0.4) is 0 Å². The summed E-state index contributed by atoms with van der Waals surface area (Å²) in [5.74, 6) is 0.614. The molecule has 2 aromatic heterocycles. The van der Waals surface area contributed by atoms with Gasteiger partial charge in [0, 0.05) is 37.0 Å². The first-order valence-corrected chi connectivity index (χ1v) is 11.4. The fourth-order valence-electron chi connectivity index (χ4n) is 3.65. The summed E-state index contributed by atoms with van der Waals surface area (Å²) in [7, 11) is -1.91. The number of aromatic nitrogens is 2. The van der Waals surface area contributed by atoms with Crippen molar-refractivity contribution in [2.75, 3.05) is 12.9 Å². The quantitative estimate of drug-likeness (QED) is 0.618. The lowest BCUT2D eigenvalue weighted by atomic mass is 10.0. The summed E-state index contributed by atoms with van der Waals surface area (Å²) in [4.78, 5) is 17.2. The smallest absolute Gasteiger partial charge is 0.260 e. The van der Waals surface area contributed by atoms with Crippen molar-refractivity contribution in [3.05, 3.63) is 40.4 Å². The second kappa shape index (κ2) is 7.76. The van der Waals surface area contributed by atoms with Crippen LogP contribution in [0.15, 0.2) is 34.1 Å². The molecule has 2 N–H and O–H groups in total. The van der Waals surface area contributed by atoms with Gasteiger partial charge in [0.05, 0.1) is 16.6 Å². The van der Waals surface area contributed by atoms with Gasteiger partial charge >= 0.3 is 0 Å². The van der Waals surface area contributed by atoms with E-state index in [2.05, 4.69) is 18.8 Å². The summed E-state index contributed by atoms with van der Waals surface area (Å²) in [5.41, 5.74) is 7.11. The van der Waals surface area contributed by atoms with Crippen molar-refractivity contribution in [2.45, 2.75) is 38.1 Å². The Morgan fingerprint density at radius 1 is 1.24 bits per heavy atom. The van der Waals surface area contributed by atoms with Crippen LogP contribution in [-0.2, 0) is 16.9 Å². The number of benzene rings is 1. The summed E-state index contributed by atoms with van der Waals surface area (Å²) < 4.78 is 32.3. The zero-order valence-electron chi connectivity index (χ0n) is 17.4. The molecule has 0 aliphatic carbocycles. The number of ether oxygens (including phenoxy) is 1. The molecule has 0 fully saturated rings. The highest BCUT2D eigenvalue weighted by Gasteiger charge is 2.20. The predicted molar refractivity (Wildman–Crippen MR) is 115 cm³/mol. The van der Waals surface area contributed by atoms with Gasteiger partial charge in [-0.05, 0) is 36.8 Å². The van der Waals surface area contributed by atoms with Gasteiger partial charge < -0.3 is 15.0 Å². The van der Waals surface area contributed by atoms with Crippen molar-refractivity contribution >= 4 is 31.5 Å². The molecule has 0 saturated heterocycles. The van der Waals surface area contributed by atoms with Crippen molar-refractivity contribution in [3.63, 3.8) is 0 Å². The topological polar surface area (TPSA) is 104 Å². The Morgan fingerprint density at radius 3 is 2.55 bits per heavy atom. The molecule has 0 aliphatic heterocycles. The second-order valence-electron chi connectivity index (χ2n) is 7.97. The van der Waals surface area contributed by atoms with E-state index in [0.29, 0.717) is 33.3 Å². The molecule has 2 heterocycles. The van der Waals surface area contributed by atoms with Crippen LogP contribution < -0.4 is 16.0 Å². The Labute approximate surface area is 170 Å². The van der Waals surface area contributed by atoms with Crippen LogP contribution in [0.4, 0.5) is 0 Å². The second-order valence-corrected chi connectivity index (χ2v) is 9.96. The highest BCUT2D eigenvalue weighted by Crippen LogP contribution is 2.33. The fraction of sp³-hybridized carbons (Fsp3) is 0.429. The van der Waals surface area contributed by atoms with E-state index in [-0.39, 0.29) is 28.9 Å². The van der Waals surface area contributed by atoms with Gasteiger partial charge in [0.15, 0.2) is 9.84 Å². The van der Waals surface area contributed by atoms with Gasteiger partial charge in [0.2, 0.25) is 0 Å². The van der Waals surface area contributed by atoms with Gasteiger partial charge in [-0.3, -0.25) is 9.78 Å². The molecule has 1 atom stereocenters. The first kappa shape index (κ1) is 21.3. The molecule has 3 aromatic rings. The number of hydrogen-bond acceptors (Lipinski definition) is 6. The van der Waals surface area contributed by atoms with Gasteiger partial charge in [-0.25, -0.2) is 8.42 Å². The molecule has 8 heteroatoms. The van der Waals surface area contributed by atoms with Gasteiger partial charge in [0.1, 0.15) is 17.3 Å². The van der Waals surface area contributed by atoms with Crippen LogP contribution in [0.5, 0.6) is 5.75 Å². The number of aryl methyl sites for hydroxylation is 2. The first-order valence-electron chi connectivity index (χ1n) is 9.51. The molecule has 0 saturated carbocycles. The van der Waals surface area contributed by atoms with E-state index in [1.807, 2.05) is 0 Å². The molecular formula is C21H27N3O4S. The molecule has 1 aromatic carbocycles. The number of nitrogens with zero attached hydrogens (tertiary/aromatic N) is 2. The largest absolute Gasteiger partial charge is 0.491 e. The maximum absolute atomic E-state index is 12.9. The summed E-state index contributed by atoms with van der Waals surface area (Å²) in [6.45, 7) is 6.09. The highest BCUT2D eigenvalue weighted by atomic mass is 32.2. The molecule has 0 spiro atoms. The zero-order chi connectivity index (χ0) is 21.5. The normalized spacial score (nSPS) is 13.3. The van der Waals surface area contributed by atoms with Crippen LogP contribution in [-0.4, -0.2) is 36.9 Å². The minimum absolute atomic E-state index is 0.0798. The molecule has 0 amide bonds. The molecular weight excluding hydrogens is 390 g/mol. The van der Waals surface area contributed by atoms with Crippen molar-refractivity contribution in [1.29, 1.82) is 0 Å². The lowest BCUT2D eigenvalue weighted by Gasteiger charge is -2.18. The summed E-state index contributed by atoms with van der Waals surface area (Å²) >= 11 is 0. The van der Waals surface area contributed by atoms with E-state index < -0.39 is 9.84 Å². The average molecular weight is 418 g/mol. The summed E-state index contributed by atoms with van der Waals surface area (Å²) in [6.07, 6.45) is 3.52. The maximum atomic E-state index is 12.9. The molecule has 0 radical (unpaired) electrons. The number of rotatable bonds is 6. The number of sulfone groups is 1. The van der Waals surface area contributed by atoms with Crippen molar-refractivity contribution in [2.24, 2.45) is 18.7 Å². The molecule has 0 aliphatic rings. The Kier molecular flexibility index (Phi) is 5.69. The number of fused-ring (bicyclic) bond motifs is 3. The van der Waals surface area contributed by atoms with Gasteiger partial charge in [0.25, 0.3) is 5.56 Å².